The van der Waals surface area contributed by atoms with Crippen molar-refractivity contribution in [2.24, 2.45) is 0 Å². The average Bonchev–Trinajstić information content (AvgIpc) is 3.41. The lowest BCUT2D eigenvalue weighted by Crippen LogP contribution is -1.92. The fourth-order valence-electron chi connectivity index (χ4n) is 1.55. The molecule has 2 aliphatic heterocycles. The van der Waals surface area contributed by atoms with Gasteiger partial charge < -0.3 is 19.7 Å². The van der Waals surface area contributed by atoms with E-state index in [-0.39, 0.29) is 11.1 Å². The van der Waals surface area contributed by atoms with Gasteiger partial charge in [-0.25, -0.2) is 9.59 Å². The van der Waals surface area contributed by atoms with Crippen LogP contribution in [-0.4, -0.2) is 35.4 Å². The summed E-state index contributed by atoms with van der Waals surface area (Å²) in [5.41, 5.74) is 2.99. The summed E-state index contributed by atoms with van der Waals surface area (Å²) >= 11 is 0. The third-order valence-corrected chi connectivity index (χ3v) is 3.09. The molecule has 0 bridgehead atoms. The molecule has 3 rings (SSSR count). The maximum Gasteiger partial charge on any atom is 0.330 e. The Morgan fingerprint density at radius 1 is 0.917 bits per heavy atom. The number of carboxylic acid groups (broad SMARTS) is 2. The van der Waals surface area contributed by atoms with Crippen LogP contribution >= 0.6 is 0 Å². The summed E-state index contributed by atoms with van der Waals surface area (Å²) in [7, 11) is 0. The first-order valence-electron chi connectivity index (χ1n) is 7.33. The van der Waals surface area contributed by atoms with Crippen LogP contribution < -0.4 is 0 Å². The van der Waals surface area contributed by atoms with Crippen LogP contribution in [-0.2, 0) is 19.1 Å². The van der Waals surface area contributed by atoms with Crippen LogP contribution in [0.2, 0.25) is 0 Å². The summed E-state index contributed by atoms with van der Waals surface area (Å²) in [5, 5.41) is 15.8. The second kappa shape index (κ2) is 9.00. The Morgan fingerprint density at radius 3 is 1.33 bits per heavy atom. The van der Waals surface area contributed by atoms with Gasteiger partial charge in [-0.05, 0) is 25.0 Å². The van der Waals surface area contributed by atoms with Crippen LogP contribution in [0, 0.1) is 0 Å². The van der Waals surface area contributed by atoms with E-state index >= 15 is 0 Å². The van der Waals surface area contributed by atoms with E-state index in [9.17, 15) is 9.59 Å². The molecule has 6 nitrogen and oxygen atoms in total. The Balaban J connectivity index is 0.000000207. The van der Waals surface area contributed by atoms with Crippen molar-refractivity contribution in [2.45, 2.75) is 26.1 Å². The van der Waals surface area contributed by atoms with Crippen LogP contribution in [0.1, 0.15) is 37.2 Å². The smallest absolute Gasteiger partial charge is 0.330 e. The van der Waals surface area contributed by atoms with Crippen LogP contribution in [0.5, 0.6) is 0 Å². The Hall–Kier alpha value is -2.44. The van der Waals surface area contributed by atoms with Crippen molar-refractivity contribution in [1.29, 1.82) is 0 Å². The molecule has 0 aliphatic carbocycles. The highest BCUT2D eigenvalue weighted by atomic mass is 16.6. The molecule has 6 heteroatoms. The molecule has 0 amide bonds. The quantitative estimate of drug-likeness (QED) is 0.648. The molecule has 2 atom stereocenters. The molecule has 0 aromatic heterocycles. The Morgan fingerprint density at radius 2 is 1.17 bits per heavy atom. The van der Waals surface area contributed by atoms with Crippen molar-refractivity contribution in [3.8, 4) is 0 Å². The van der Waals surface area contributed by atoms with E-state index < -0.39 is 11.9 Å². The summed E-state index contributed by atoms with van der Waals surface area (Å²) in [4.78, 5) is 19.2. The number of hydrogen-bond donors (Lipinski definition) is 2. The summed E-state index contributed by atoms with van der Waals surface area (Å²) in [5.74, 6) is -1.87. The van der Waals surface area contributed by atoms with Crippen molar-refractivity contribution in [2.75, 3.05) is 13.2 Å². The first-order valence-corrected chi connectivity index (χ1v) is 7.33. The zero-order valence-corrected chi connectivity index (χ0v) is 13.8. The number of carbonyl (C=O) groups is 2. The highest BCUT2D eigenvalue weighted by Crippen LogP contribution is 2.39. The molecule has 2 N–H and O–H groups in total. The van der Waals surface area contributed by atoms with Crippen molar-refractivity contribution in [3.05, 3.63) is 59.7 Å². The summed E-state index contributed by atoms with van der Waals surface area (Å²) < 4.78 is 10.5. The molecule has 2 heterocycles. The number of epoxide rings is 2. The maximum absolute atomic E-state index is 9.60. The lowest BCUT2D eigenvalue weighted by molar-refractivity contribution is -0.133. The Labute approximate surface area is 141 Å². The molecule has 0 spiro atoms. The zero-order chi connectivity index (χ0) is 18.3. The third-order valence-electron chi connectivity index (χ3n) is 3.09. The molecule has 0 radical (unpaired) electrons. The Bertz CT molecular complexity index is 547. The SMILES string of the molecule is C=C(C)C(=O)O.C=C(C)C(=O)O.c1ccc(C2CO2)c(C2CO2)c1. The van der Waals surface area contributed by atoms with Crippen LogP contribution in [0.4, 0.5) is 0 Å². The monoisotopic (exact) mass is 334 g/mol. The minimum atomic E-state index is -0.935. The van der Waals surface area contributed by atoms with E-state index in [4.69, 9.17) is 19.7 Å². The minimum Gasteiger partial charge on any atom is -0.478 e. The second-order valence-corrected chi connectivity index (χ2v) is 5.44. The van der Waals surface area contributed by atoms with Gasteiger partial charge in [-0.3, -0.25) is 0 Å². The predicted octanol–water partition coefficient (Wildman–Crippen LogP) is 3.12. The third kappa shape index (κ3) is 7.21. The molecule has 130 valence electrons. The van der Waals surface area contributed by atoms with Gasteiger partial charge >= 0.3 is 11.9 Å². The normalized spacial score (nSPS) is 19.6. The molecule has 2 fully saturated rings. The minimum absolute atomic E-state index is 0.176. The lowest BCUT2D eigenvalue weighted by Gasteiger charge is -2.02. The first kappa shape index (κ1) is 19.6. The Kier molecular flexibility index (Phi) is 7.35. The van der Waals surface area contributed by atoms with E-state index in [1.165, 1.54) is 25.0 Å². The van der Waals surface area contributed by atoms with Crippen molar-refractivity contribution in [1.82, 2.24) is 0 Å². The summed E-state index contributed by atoms with van der Waals surface area (Å²) in [6, 6.07) is 8.38. The van der Waals surface area contributed by atoms with Crippen LogP contribution in [0.15, 0.2) is 48.6 Å². The fourth-order valence-corrected chi connectivity index (χ4v) is 1.55. The fraction of sp³-hybridized carbons (Fsp3) is 0.333. The van der Waals surface area contributed by atoms with Gasteiger partial charge in [0.2, 0.25) is 0 Å². The summed E-state index contributed by atoms with van der Waals surface area (Å²) in [6.07, 6.45) is 0.704. The molecule has 2 saturated heterocycles. The number of carboxylic acids is 2. The van der Waals surface area contributed by atoms with E-state index in [0.717, 1.165) is 13.2 Å². The van der Waals surface area contributed by atoms with Gasteiger partial charge in [0.05, 0.1) is 13.2 Å². The van der Waals surface area contributed by atoms with Crippen molar-refractivity contribution < 1.29 is 29.3 Å². The van der Waals surface area contributed by atoms with Crippen molar-refractivity contribution >= 4 is 11.9 Å². The molecule has 2 unspecified atom stereocenters. The lowest BCUT2D eigenvalue weighted by atomic mass is 10.0. The standard InChI is InChI=1S/C10H10O2.2C4H6O2/c1-2-4-8(10-6-12-10)7(3-1)9-5-11-9;2*1-3(2)4(5)6/h1-4,9-10H,5-6H2;2*1H2,2H3,(H,5,6). The topological polar surface area (TPSA) is 99.7 Å². The number of aliphatic carboxylic acids is 2. The number of benzene rings is 1. The molecular weight excluding hydrogens is 312 g/mol. The van der Waals surface area contributed by atoms with Gasteiger partial charge in [-0.15, -0.1) is 0 Å². The predicted molar refractivity (Wildman–Crippen MR) is 88.7 cm³/mol. The molecule has 24 heavy (non-hydrogen) atoms. The number of hydrogen-bond acceptors (Lipinski definition) is 4. The van der Waals surface area contributed by atoms with Gasteiger partial charge in [-0.2, -0.15) is 0 Å². The highest BCUT2D eigenvalue weighted by Gasteiger charge is 2.33. The molecule has 1 aromatic carbocycles. The van der Waals surface area contributed by atoms with E-state index in [0.29, 0.717) is 12.2 Å². The average molecular weight is 334 g/mol. The van der Waals surface area contributed by atoms with E-state index in [2.05, 4.69) is 37.4 Å². The number of rotatable bonds is 4. The van der Waals surface area contributed by atoms with Crippen LogP contribution in [0.3, 0.4) is 0 Å². The van der Waals surface area contributed by atoms with Gasteiger partial charge in [0, 0.05) is 11.1 Å². The molecule has 2 aliphatic rings. The van der Waals surface area contributed by atoms with E-state index in [1.54, 1.807) is 0 Å². The number of ether oxygens (including phenoxy) is 2. The van der Waals surface area contributed by atoms with Gasteiger partial charge in [-0.1, -0.05) is 37.4 Å². The molecule has 0 saturated carbocycles. The maximum atomic E-state index is 9.60. The summed E-state index contributed by atoms with van der Waals surface area (Å²) in [6.45, 7) is 11.0. The zero-order valence-electron chi connectivity index (χ0n) is 13.8. The van der Waals surface area contributed by atoms with Crippen LogP contribution in [0.25, 0.3) is 0 Å². The van der Waals surface area contributed by atoms with Gasteiger partial charge in [0.15, 0.2) is 0 Å². The van der Waals surface area contributed by atoms with Gasteiger partial charge in [0.25, 0.3) is 0 Å². The molecular formula is C18H22O6. The van der Waals surface area contributed by atoms with E-state index in [1.807, 2.05) is 0 Å². The van der Waals surface area contributed by atoms with Gasteiger partial charge in [0.1, 0.15) is 12.2 Å². The largest absolute Gasteiger partial charge is 0.478 e. The van der Waals surface area contributed by atoms with Crippen molar-refractivity contribution in [3.63, 3.8) is 0 Å². The highest BCUT2D eigenvalue weighted by molar-refractivity contribution is 5.85. The first-order chi connectivity index (χ1) is 11.2. The second-order valence-electron chi connectivity index (χ2n) is 5.44. The molecule has 1 aromatic rings.